The Morgan fingerprint density at radius 3 is 2.61 bits per heavy atom. The van der Waals surface area contributed by atoms with Crippen molar-refractivity contribution in [2.45, 2.75) is 18.7 Å². The molecule has 0 aliphatic heterocycles. The Balaban J connectivity index is 2.55. The molecule has 0 atom stereocenters. The zero-order chi connectivity index (χ0) is 20.9. The molecule has 0 radical (unpaired) electrons. The lowest BCUT2D eigenvalue weighted by atomic mass is 10.2. The summed E-state index contributed by atoms with van der Waals surface area (Å²) in [7, 11) is -4.14. The third kappa shape index (κ3) is 4.37. The molecular formula is C19H20N2O6S. The van der Waals surface area contributed by atoms with Crippen LogP contribution in [0.25, 0.3) is 0 Å². The summed E-state index contributed by atoms with van der Waals surface area (Å²) in [6.45, 7) is 6.87. The first kappa shape index (κ1) is 21.1. The van der Waals surface area contributed by atoms with Gasteiger partial charge in [0.2, 0.25) is 0 Å². The van der Waals surface area contributed by atoms with E-state index in [1.165, 1.54) is 49.4 Å². The van der Waals surface area contributed by atoms with Gasteiger partial charge in [-0.25, -0.2) is 13.2 Å². The first-order chi connectivity index (χ1) is 13.2. The lowest BCUT2D eigenvalue weighted by Crippen LogP contribution is -2.31. The fourth-order valence-electron chi connectivity index (χ4n) is 2.54. The summed E-state index contributed by atoms with van der Waals surface area (Å²) in [6.07, 6.45) is 1.39. The topological polar surface area (TPSA) is 107 Å². The highest BCUT2D eigenvalue weighted by Crippen LogP contribution is 2.28. The van der Waals surface area contributed by atoms with Crippen LogP contribution in [0.5, 0.6) is 0 Å². The highest BCUT2D eigenvalue weighted by molar-refractivity contribution is 7.92. The minimum atomic E-state index is -4.14. The van der Waals surface area contributed by atoms with Gasteiger partial charge in [-0.05, 0) is 38.1 Å². The molecule has 2 rings (SSSR count). The second kappa shape index (κ2) is 8.66. The van der Waals surface area contributed by atoms with Crippen molar-refractivity contribution in [2.24, 2.45) is 0 Å². The number of nitrogens with zero attached hydrogens (tertiary/aromatic N) is 2. The summed E-state index contributed by atoms with van der Waals surface area (Å²) in [5, 5.41) is 11.2. The Morgan fingerprint density at radius 2 is 2.00 bits per heavy atom. The molecule has 0 fully saturated rings. The van der Waals surface area contributed by atoms with Crippen LogP contribution in [-0.2, 0) is 14.8 Å². The standard InChI is InChI=1S/C19H20N2O6S/c1-4-11-20(16-8-6-7-15(12-16)19(22)27-5-2)28(25,26)17-10-9-14(3)18(13-17)21(23)24/h4,6-10,12-13H,1,5,11H2,2-3H3. The lowest BCUT2D eigenvalue weighted by molar-refractivity contribution is -0.385. The minimum absolute atomic E-state index is 0.0870. The molecule has 148 valence electrons. The molecule has 2 aromatic rings. The Hall–Kier alpha value is -3.20. The number of nitro benzene ring substituents is 1. The summed E-state index contributed by atoms with van der Waals surface area (Å²) >= 11 is 0. The number of carbonyl (C=O) groups excluding carboxylic acids is 1. The second-order valence-corrected chi connectivity index (χ2v) is 7.66. The number of carbonyl (C=O) groups is 1. The molecule has 8 nitrogen and oxygen atoms in total. The van der Waals surface area contributed by atoms with Gasteiger partial charge in [-0.2, -0.15) is 0 Å². The van der Waals surface area contributed by atoms with Crippen molar-refractivity contribution < 1.29 is 22.9 Å². The first-order valence-corrected chi connectivity index (χ1v) is 9.82. The Kier molecular flexibility index (Phi) is 6.53. The molecule has 28 heavy (non-hydrogen) atoms. The van der Waals surface area contributed by atoms with Gasteiger partial charge in [-0.1, -0.05) is 18.2 Å². The molecule has 2 aromatic carbocycles. The summed E-state index contributed by atoms with van der Waals surface area (Å²) in [4.78, 5) is 22.3. The zero-order valence-corrected chi connectivity index (χ0v) is 16.3. The molecule has 0 aliphatic carbocycles. The van der Waals surface area contributed by atoms with Crippen LogP contribution in [0, 0.1) is 17.0 Å². The van der Waals surface area contributed by atoms with Crippen LogP contribution in [0.3, 0.4) is 0 Å². The van der Waals surface area contributed by atoms with E-state index in [2.05, 4.69) is 6.58 Å². The van der Waals surface area contributed by atoms with Crippen LogP contribution in [0.1, 0.15) is 22.8 Å². The Bertz CT molecular complexity index is 1020. The average Bonchev–Trinajstić information content (AvgIpc) is 2.66. The predicted octanol–water partition coefficient (Wildman–Crippen LogP) is 3.46. The summed E-state index contributed by atoms with van der Waals surface area (Å²) in [6, 6.07) is 9.67. The van der Waals surface area contributed by atoms with E-state index in [9.17, 15) is 23.3 Å². The number of nitro groups is 1. The number of esters is 1. The van der Waals surface area contributed by atoms with Gasteiger partial charge in [0.1, 0.15) is 0 Å². The van der Waals surface area contributed by atoms with Crippen LogP contribution in [-0.4, -0.2) is 32.5 Å². The summed E-state index contributed by atoms with van der Waals surface area (Å²) in [5.41, 5.74) is 0.468. The smallest absolute Gasteiger partial charge is 0.338 e. The maximum Gasteiger partial charge on any atom is 0.338 e. The molecule has 9 heteroatoms. The van der Waals surface area contributed by atoms with Crippen molar-refractivity contribution >= 4 is 27.4 Å². The molecule has 0 amide bonds. The van der Waals surface area contributed by atoms with E-state index in [1.54, 1.807) is 6.92 Å². The van der Waals surface area contributed by atoms with Gasteiger partial charge in [-0.3, -0.25) is 14.4 Å². The number of aryl methyl sites for hydroxylation is 1. The fourth-order valence-corrected chi connectivity index (χ4v) is 3.98. The monoisotopic (exact) mass is 404 g/mol. The highest BCUT2D eigenvalue weighted by atomic mass is 32.2. The number of hydrogen-bond donors (Lipinski definition) is 0. The summed E-state index contributed by atoms with van der Waals surface area (Å²) in [5.74, 6) is -0.578. The molecule has 0 aliphatic rings. The van der Waals surface area contributed by atoms with E-state index >= 15 is 0 Å². The van der Waals surface area contributed by atoms with Gasteiger partial charge >= 0.3 is 5.97 Å². The summed E-state index contributed by atoms with van der Waals surface area (Å²) < 4.78 is 32.3. The van der Waals surface area contributed by atoms with Gasteiger partial charge in [0.15, 0.2) is 0 Å². The molecular weight excluding hydrogens is 384 g/mol. The highest BCUT2D eigenvalue weighted by Gasteiger charge is 2.27. The van der Waals surface area contributed by atoms with E-state index in [0.717, 1.165) is 10.4 Å². The zero-order valence-electron chi connectivity index (χ0n) is 15.5. The molecule has 0 saturated heterocycles. The number of hydrogen-bond acceptors (Lipinski definition) is 6. The molecule has 0 unspecified atom stereocenters. The van der Waals surface area contributed by atoms with Crippen LogP contribution in [0.4, 0.5) is 11.4 Å². The van der Waals surface area contributed by atoms with Gasteiger partial charge in [0, 0.05) is 11.6 Å². The normalized spacial score (nSPS) is 10.9. The van der Waals surface area contributed by atoms with Gasteiger partial charge in [0.05, 0.1) is 34.2 Å². The van der Waals surface area contributed by atoms with Gasteiger partial charge in [-0.15, -0.1) is 6.58 Å². The minimum Gasteiger partial charge on any atom is -0.462 e. The first-order valence-electron chi connectivity index (χ1n) is 8.38. The SMILES string of the molecule is C=CCN(c1cccc(C(=O)OCC)c1)S(=O)(=O)c1ccc(C)c([N+](=O)[O-])c1. The largest absolute Gasteiger partial charge is 0.462 e. The van der Waals surface area contributed by atoms with E-state index in [4.69, 9.17) is 4.74 Å². The maximum atomic E-state index is 13.2. The molecule has 0 aromatic heterocycles. The van der Waals surface area contributed by atoms with Crippen molar-refractivity contribution in [2.75, 3.05) is 17.5 Å². The lowest BCUT2D eigenvalue weighted by Gasteiger charge is -2.23. The molecule has 0 saturated carbocycles. The second-order valence-electron chi connectivity index (χ2n) is 5.80. The molecule has 0 N–H and O–H groups in total. The van der Waals surface area contributed by atoms with Crippen molar-refractivity contribution in [1.82, 2.24) is 0 Å². The average molecular weight is 404 g/mol. The van der Waals surface area contributed by atoms with Crippen molar-refractivity contribution in [3.05, 3.63) is 76.4 Å². The van der Waals surface area contributed by atoms with E-state index < -0.39 is 20.9 Å². The fraction of sp³-hybridized carbons (Fsp3) is 0.211. The van der Waals surface area contributed by atoms with Crippen molar-refractivity contribution in [3.63, 3.8) is 0 Å². The predicted molar refractivity (Wildman–Crippen MR) is 105 cm³/mol. The third-order valence-electron chi connectivity index (χ3n) is 3.91. The molecule has 0 bridgehead atoms. The van der Waals surface area contributed by atoms with E-state index in [1.807, 2.05) is 0 Å². The van der Waals surface area contributed by atoms with Crippen LogP contribution >= 0.6 is 0 Å². The van der Waals surface area contributed by atoms with Crippen LogP contribution in [0.15, 0.2) is 60.0 Å². The number of rotatable bonds is 8. The van der Waals surface area contributed by atoms with Crippen LogP contribution < -0.4 is 4.31 Å². The van der Waals surface area contributed by atoms with Crippen LogP contribution in [0.2, 0.25) is 0 Å². The maximum absolute atomic E-state index is 13.2. The quantitative estimate of drug-likeness (QED) is 0.289. The van der Waals surface area contributed by atoms with E-state index in [-0.39, 0.29) is 35.0 Å². The van der Waals surface area contributed by atoms with E-state index in [0.29, 0.717) is 5.56 Å². The van der Waals surface area contributed by atoms with Crippen molar-refractivity contribution in [3.8, 4) is 0 Å². The Morgan fingerprint density at radius 1 is 1.29 bits per heavy atom. The third-order valence-corrected chi connectivity index (χ3v) is 5.70. The number of benzene rings is 2. The number of ether oxygens (including phenoxy) is 1. The van der Waals surface area contributed by atoms with Gasteiger partial charge < -0.3 is 4.74 Å². The number of sulfonamides is 1. The molecule has 0 spiro atoms. The Labute approximate surface area is 163 Å². The number of anilines is 1. The van der Waals surface area contributed by atoms with Crippen molar-refractivity contribution in [1.29, 1.82) is 0 Å². The van der Waals surface area contributed by atoms with Gasteiger partial charge in [0.25, 0.3) is 15.7 Å². The molecule has 0 heterocycles.